The molecule has 2 aliphatic rings. The van der Waals surface area contributed by atoms with Gasteiger partial charge < -0.3 is 5.32 Å². The lowest BCUT2D eigenvalue weighted by Crippen LogP contribution is -2.32. The van der Waals surface area contributed by atoms with E-state index in [4.69, 9.17) is 0 Å². The molecule has 1 nitrogen and oxygen atoms in total. The topological polar surface area (TPSA) is 12.0 Å². The molecule has 1 aromatic carbocycles. The largest absolute Gasteiger partial charge is 0.309 e. The van der Waals surface area contributed by atoms with Crippen LogP contribution in [0.15, 0.2) is 18.2 Å². The summed E-state index contributed by atoms with van der Waals surface area (Å²) in [5, 5.41) is 3.52. The molecule has 2 fully saturated rings. The molecule has 0 saturated heterocycles. The van der Waals surface area contributed by atoms with Gasteiger partial charge in [-0.3, -0.25) is 0 Å². The van der Waals surface area contributed by atoms with Crippen molar-refractivity contribution in [3.63, 3.8) is 0 Å². The van der Waals surface area contributed by atoms with Gasteiger partial charge in [0.05, 0.1) is 0 Å². The van der Waals surface area contributed by atoms with Gasteiger partial charge in [0.15, 0.2) is 11.6 Å². The quantitative estimate of drug-likeness (QED) is 0.829. The second-order valence-corrected chi connectivity index (χ2v) is 5.33. The minimum atomic E-state index is -0.769. The Labute approximate surface area is 100 Å². The van der Waals surface area contributed by atoms with E-state index < -0.39 is 11.6 Å². The number of rotatable bonds is 5. The summed E-state index contributed by atoms with van der Waals surface area (Å²) in [6.45, 7) is 0.648. The zero-order valence-electron chi connectivity index (χ0n) is 9.76. The van der Waals surface area contributed by atoms with E-state index in [1.807, 2.05) is 0 Å². The maximum absolute atomic E-state index is 13.0. The van der Waals surface area contributed by atoms with E-state index in [-0.39, 0.29) is 0 Å². The first-order chi connectivity index (χ1) is 8.24. The maximum atomic E-state index is 13.0. The Balaban J connectivity index is 1.60. The highest BCUT2D eigenvalue weighted by Crippen LogP contribution is 2.44. The van der Waals surface area contributed by atoms with Crippen molar-refractivity contribution in [3.05, 3.63) is 35.4 Å². The lowest BCUT2D eigenvalue weighted by atomic mass is 10.1. The first-order valence-electron chi connectivity index (χ1n) is 6.41. The zero-order chi connectivity index (χ0) is 11.8. The summed E-state index contributed by atoms with van der Waals surface area (Å²) in [5.41, 5.74) is 0.829. The average molecular weight is 237 g/mol. The van der Waals surface area contributed by atoms with Crippen molar-refractivity contribution in [1.82, 2.24) is 5.32 Å². The van der Waals surface area contributed by atoms with Crippen LogP contribution in [0.5, 0.6) is 0 Å². The van der Waals surface area contributed by atoms with Gasteiger partial charge in [-0.15, -0.1) is 0 Å². The molecule has 0 aliphatic heterocycles. The van der Waals surface area contributed by atoms with Crippen molar-refractivity contribution in [2.45, 2.75) is 38.3 Å². The summed E-state index contributed by atoms with van der Waals surface area (Å²) in [6.07, 6.45) is 5.30. The van der Waals surface area contributed by atoms with Gasteiger partial charge in [0, 0.05) is 12.6 Å². The van der Waals surface area contributed by atoms with E-state index in [1.165, 1.54) is 37.8 Å². The molecule has 92 valence electrons. The van der Waals surface area contributed by atoms with Crippen LogP contribution in [0.3, 0.4) is 0 Å². The number of hydrogen-bond acceptors (Lipinski definition) is 1. The predicted molar refractivity (Wildman–Crippen MR) is 62.4 cm³/mol. The molecule has 0 bridgehead atoms. The molecule has 3 rings (SSSR count). The number of benzene rings is 1. The first kappa shape index (κ1) is 11.1. The molecule has 0 aromatic heterocycles. The summed E-state index contributed by atoms with van der Waals surface area (Å²) in [5.74, 6) is 0.133. The standard InChI is InChI=1S/C14H17F2N/c15-12-6-1-9(7-13(12)16)8-17-14(10-2-3-10)11-4-5-11/h1,6-7,10-11,14,17H,2-5,8H2. The Morgan fingerprint density at radius 3 is 2.24 bits per heavy atom. The molecule has 0 heterocycles. The Morgan fingerprint density at radius 2 is 1.71 bits per heavy atom. The molecule has 0 unspecified atom stereocenters. The molecule has 1 N–H and O–H groups in total. The van der Waals surface area contributed by atoms with Gasteiger partial charge in [-0.2, -0.15) is 0 Å². The van der Waals surface area contributed by atoms with Crippen molar-refractivity contribution in [1.29, 1.82) is 0 Å². The monoisotopic (exact) mass is 237 g/mol. The van der Waals surface area contributed by atoms with E-state index in [0.29, 0.717) is 12.6 Å². The average Bonchev–Trinajstić information content (AvgIpc) is 3.14. The molecule has 0 atom stereocenters. The van der Waals surface area contributed by atoms with Gasteiger partial charge in [0.25, 0.3) is 0 Å². The number of hydrogen-bond donors (Lipinski definition) is 1. The van der Waals surface area contributed by atoms with Crippen LogP contribution in [-0.2, 0) is 6.54 Å². The molecule has 17 heavy (non-hydrogen) atoms. The van der Waals surface area contributed by atoms with E-state index in [2.05, 4.69) is 5.32 Å². The first-order valence-corrected chi connectivity index (χ1v) is 6.41. The van der Waals surface area contributed by atoms with Crippen molar-refractivity contribution >= 4 is 0 Å². The van der Waals surface area contributed by atoms with Gasteiger partial charge in [-0.05, 0) is 55.2 Å². The van der Waals surface area contributed by atoms with Crippen LogP contribution in [-0.4, -0.2) is 6.04 Å². The number of nitrogens with one attached hydrogen (secondary N) is 1. The van der Waals surface area contributed by atoms with Gasteiger partial charge in [-0.25, -0.2) is 8.78 Å². The molecule has 0 radical (unpaired) electrons. The van der Waals surface area contributed by atoms with Crippen LogP contribution in [0.1, 0.15) is 31.2 Å². The highest BCUT2D eigenvalue weighted by Gasteiger charge is 2.40. The Hall–Kier alpha value is -0.960. The Morgan fingerprint density at radius 1 is 1.06 bits per heavy atom. The summed E-state index contributed by atoms with van der Waals surface area (Å²) >= 11 is 0. The predicted octanol–water partition coefficient (Wildman–Crippen LogP) is 3.24. The van der Waals surface area contributed by atoms with Crippen LogP contribution in [0.2, 0.25) is 0 Å². The normalized spacial score (nSPS) is 19.9. The maximum Gasteiger partial charge on any atom is 0.159 e. The lowest BCUT2D eigenvalue weighted by Gasteiger charge is -2.17. The third kappa shape index (κ3) is 2.65. The van der Waals surface area contributed by atoms with Gasteiger partial charge in [-0.1, -0.05) is 6.07 Å². The molecule has 1 aromatic rings. The molecular weight excluding hydrogens is 220 g/mol. The fourth-order valence-electron chi connectivity index (χ4n) is 2.51. The van der Waals surface area contributed by atoms with Crippen molar-refractivity contribution in [2.24, 2.45) is 11.8 Å². The van der Waals surface area contributed by atoms with E-state index in [0.717, 1.165) is 17.4 Å². The van der Waals surface area contributed by atoms with Crippen molar-refractivity contribution < 1.29 is 8.78 Å². The SMILES string of the molecule is Fc1ccc(CNC(C2CC2)C2CC2)cc1F. The third-order valence-corrected chi connectivity index (χ3v) is 3.79. The summed E-state index contributed by atoms with van der Waals surface area (Å²) in [6, 6.07) is 4.75. The molecular formula is C14H17F2N. The Bertz CT molecular complexity index is 399. The van der Waals surface area contributed by atoms with Crippen LogP contribution in [0, 0.1) is 23.5 Å². The van der Waals surface area contributed by atoms with Crippen molar-refractivity contribution in [2.75, 3.05) is 0 Å². The van der Waals surface area contributed by atoms with E-state index in [1.54, 1.807) is 6.07 Å². The van der Waals surface area contributed by atoms with Crippen molar-refractivity contribution in [3.8, 4) is 0 Å². The summed E-state index contributed by atoms with van der Waals surface area (Å²) < 4.78 is 25.8. The highest BCUT2D eigenvalue weighted by atomic mass is 19.2. The second kappa shape index (κ2) is 4.37. The summed E-state index contributed by atoms with van der Waals surface area (Å²) in [4.78, 5) is 0. The molecule has 2 aliphatic carbocycles. The zero-order valence-corrected chi connectivity index (χ0v) is 9.76. The van der Waals surface area contributed by atoms with Crippen LogP contribution >= 0.6 is 0 Å². The molecule has 2 saturated carbocycles. The minimum absolute atomic E-state index is 0.600. The van der Waals surface area contributed by atoms with Crippen LogP contribution in [0.4, 0.5) is 8.78 Å². The lowest BCUT2D eigenvalue weighted by molar-refractivity contribution is 0.414. The van der Waals surface area contributed by atoms with Gasteiger partial charge >= 0.3 is 0 Å². The molecule has 3 heteroatoms. The summed E-state index contributed by atoms with van der Waals surface area (Å²) in [7, 11) is 0. The smallest absolute Gasteiger partial charge is 0.159 e. The molecule has 0 spiro atoms. The third-order valence-electron chi connectivity index (χ3n) is 3.79. The van der Waals surface area contributed by atoms with E-state index >= 15 is 0 Å². The highest BCUT2D eigenvalue weighted by molar-refractivity contribution is 5.18. The van der Waals surface area contributed by atoms with Gasteiger partial charge in [0.2, 0.25) is 0 Å². The second-order valence-electron chi connectivity index (χ2n) is 5.33. The molecule has 0 amide bonds. The van der Waals surface area contributed by atoms with Gasteiger partial charge in [0.1, 0.15) is 0 Å². The number of halogens is 2. The fourth-order valence-corrected chi connectivity index (χ4v) is 2.51. The minimum Gasteiger partial charge on any atom is -0.309 e. The Kier molecular flexibility index (Phi) is 2.87. The van der Waals surface area contributed by atoms with E-state index in [9.17, 15) is 8.78 Å². The van der Waals surface area contributed by atoms with Crippen LogP contribution < -0.4 is 5.32 Å². The fraction of sp³-hybridized carbons (Fsp3) is 0.571. The van der Waals surface area contributed by atoms with Crippen LogP contribution in [0.25, 0.3) is 0 Å².